The number of rotatable bonds is 6. The zero-order valence-corrected chi connectivity index (χ0v) is 13.4. The molecule has 1 atom stereocenters. The van der Waals surface area contributed by atoms with Crippen molar-refractivity contribution in [3.8, 4) is 0 Å². The van der Waals surface area contributed by atoms with Crippen LogP contribution < -0.4 is 0 Å². The lowest BCUT2D eigenvalue weighted by atomic mass is 9.83. The summed E-state index contributed by atoms with van der Waals surface area (Å²) >= 11 is 7.56. The fourth-order valence-electron chi connectivity index (χ4n) is 3.38. The van der Waals surface area contributed by atoms with Gasteiger partial charge in [-0.15, -0.1) is 11.3 Å². The molecule has 2 rings (SSSR count). The molecule has 19 heavy (non-hydrogen) atoms. The van der Waals surface area contributed by atoms with E-state index < -0.39 is 0 Å². The van der Waals surface area contributed by atoms with E-state index in [-0.39, 0.29) is 11.6 Å². The maximum Gasteiger partial charge on any atom is 0.0931 e. The van der Waals surface area contributed by atoms with Gasteiger partial charge in [-0.1, -0.05) is 25.4 Å². The Hall–Kier alpha value is -0.0900. The van der Waals surface area contributed by atoms with E-state index in [1.807, 2.05) is 12.1 Å². The number of aliphatic hydroxyl groups is 1. The Morgan fingerprint density at radius 2 is 1.95 bits per heavy atom. The Bertz CT molecular complexity index is 397. The van der Waals surface area contributed by atoms with Gasteiger partial charge < -0.3 is 5.11 Å². The molecule has 0 amide bonds. The molecule has 2 heterocycles. The van der Waals surface area contributed by atoms with Gasteiger partial charge in [0, 0.05) is 16.8 Å². The summed E-state index contributed by atoms with van der Waals surface area (Å²) in [4.78, 5) is 3.69. The van der Waals surface area contributed by atoms with Gasteiger partial charge in [0.2, 0.25) is 0 Å². The quantitative estimate of drug-likeness (QED) is 0.860. The van der Waals surface area contributed by atoms with E-state index >= 15 is 0 Å². The van der Waals surface area contributed by atoms with Crippen LogP contribution in [0.4, 0.5) is 0 Å². The molecule has 108 valence electrons. The fraction of sp³-hybridized carbons (Fsp3) is 0.733. The van der Waals surface area contributed by atoms with Gasteiger partial charge in [0.25, 0.3) is 0 Å². The Kier molecular flexibility index (Phi) is 5.29. The predicted octanol–water partition coefficient (Wildman–Crippen LogP) is 3.96. The summed E-state index contributed by atoms with van der Waals surface area (Å²) in [5.41, 5.74) is -0.0625. The van der Waals surface area contributed by atoms with Crippen LogP contribution in [0.25, 0.3) is 0 Å². The topological polar surface area (TPSA) is 23.5 Å². The molecule has 4 heteroatoms. The molecule has 1 aromatic rings. The monoisotopic (exact) mass is 301 g/mol. The maximum absolute atomic E-state index is 10.8. The molecule has 1 unspecified atom stereocenters. The third-order valence-corrected chi connectivity index (χ3v) is 5.86. The summed E-state index contributed by atoms with van der Waals surface area (Å²) in [5.74, 6) is 0. The van der Waals surface area contributed by atoms with E-state index in [2.05, 4.69) is 18.7 Å². The van der Waals surface area contributed by atoms with Crippen molar-refractivity contribution in [2.75, 3.05) is 13.1 Å². The first-order chi connectivity index (χ1) is 9.12. The van der Waals surface area contributed by atoms with Gasteiger partial charge in [0.15, 0.2) is 0 Å². The number of nitrogens with zero attached hydrogens (tertiary/aromatic N) is 1. The molecule has 0 radical (unpaired) electrons. The first-order valence-electron chi connectivity index (χ1n) is 7.29. The van der Waals surface area contributed by atoms with E-state index in [0.29, 0.717) is 0 Å². The Morgan fingerprint density at radius 3 is 2.42 bits per heavy atom. The predicted molar refractivity (Wildman–Crippen MR) is 83.2 cm³/mol. The minimum atomic E-state index is -0.310. The van der Waals surface area contributed by atoms with E-state index in [1.165, 1.54) is 17.7 Å². The molecule has 1 N–H and O–H groups in total. The number of likely N-dealkylation sites (tertiary alicyclic amines) is 1. The Balaban J connectivity index is 2.13. The lowest BCUT2D eigenvalue weighted by Crippen LogP contribution is -2.55. The second-order valence-electron chi connectivity index (χ2n) is 5.43. The second-order valence-corrected chi connectivity index (χ2v) is 7.23. The van der Waals surface area contributed by atoms with E-state index in [1.54, 1.807) is 11.3 Å². The molecule has 1 aliphatic rings. The zero-order valence-electron chi connectivity index (χ0n) is 11.9. The summed E-state index contributed by atoms with van der Waals surface area (Å²) in [5, 5.41) is 10.8. The zero-order chi connectivity index (χ0) is 13.9. The first kappa shape index (κ1) is 15.3. The Labute approximate surface area is 125 Å². The summed E-state index contributed by atoms with van der Waals surface area (Å²) in [6, 6.07) is 3.96. The van der Waals surface area contributed by atoms with Crippen molar-refractivity contribution < 1.29 is 5.11 Å². The molecule has 0 saturated carbocycles. The lowest BCUT2D eigenvalue weighted by molar-refractivity contribution is -0.0266. The number of hydrogen-bond acceptors (Lipinski definition) is 3. The van der Waals surface area contributed by atoms with Crippen LogP contribution in [0, 0.1) is 0 Å². The van der Waals surface area contributed by atoms with Crippen molar-refractivity contribution >= 4 is 22.9 Å². The third-order valence-electron chi connectivity index (χ3n) is 4.60. The van der Waals surface area contributed by atoms with Crippen LogP contribution in [0.3, 0.4) is 0 Å². The average Bonchev–Trinajstić information content (AvgIpc) is 3.04. The highest BCUT2D eigenvalue weighted by Gasteiger charge is 2.41. The normalized spacial score (nSPS) is 18.9. The van der Waals surface area contributed by atoms with Crippen molar-refractivity contribution in [2.45, 2.75) is 57.6 Å². The summed E-state index contributed by atoms with van der Waals surface area (Å²) in [6.45, 7) is 6.66. The Morgan fingerprint density at radius 1 is 1.32 bits per heavy atom. The molecular weight excluding hydrogens is 278 g/mol. The summed E-state index contributed by atoms with van der Waals surface area (Å²) in [6.07, 6.45) is 4.94. The molecule has 2 nitrogen and oxygen atoms in total. The van der Waals surface area contributed by atoms with Crippen molar-refractivity contribution in [1.82, 2.24) is 4.90 Å². The number of thiophene rings is 1. The van der Waals surface area contributed by atoms with Gasteiger partial charge in [-0.3, -0.25) is 4.90 Å². The highest BCUT2D eigenvalue weighted by Crippen LogP contribution is 2.34. The van der Waals surface area contributed by atoms with E-state index in [0.717, 1.165) is 36.7 Å². The van der Waals surface area contributed by atoms with Crippen LogP contribution in [0.1, 0.15) is 44.4 Å². The lowest BCUT2D eigenvalue weighted by Gasteiger charge is -2.44. The molecule has 0 aromatic carbocycles. The minimum Gasteiger partial charge on any atom is -0.391 e. The SMILES string of the molecule is CCC(CC)(C(O)Cc1ccc(Cl)s1)N1CCCC1. The number of halogens is 1. The summed E-state index contributed by atoms with van der Waals surface area (Å²) in [7, 11) is 0. The van der Waals surface area contributed by atoms with Crippen LogP contribution in [0.2, 0.25) is 4.34 Å². The van der Waals surface area contributed by atoms with Crippen molar-refractivity contribution in [2.24, 2.45) is 0 Å². The standard InChI is InChI=1S/C15H24ClNOS/c1-3-15(4-2,17-9-5-6-10-17)13(18)11-12-7-8-14(16)19-12/h7-8,13,18H,3-6,9-11H2,1-2H3. The molecule has 1 aromatic heterocycles. The van der Waals surface area contributed by atoms with Crippen LogP contribution in [0.15, 0.2) is 12.1 Å². The van der Waals surface area contributed by atoms with Gasteiger partial charge in [0.1, 0.15) is 0 Å². The van der Waals surface area contributed by atoms with Gasteiger partial charge in [-0.2, -0.15) is 0 Å². The van der Waals surface area contributed by atoms with Crippen molar-refractivity contribution in [3.63, 3.8) is 0 Å². The van der Waals surface area contributed by atoms with E-state index in [9.17, 15) is 5.11 Å². The van der Waals surface area contributed by atoms with Crippen molar-refractivity contribution in [1.29, 1.82) is 0 Å². The molecule has 0 aliphatic carbocycles. The molecule has 0 spiro atoms. The molecule has 1 saturated heterocycles. The summed E-state index contributed by atoms with van der Waals surface area (Å²) < 4.78 is 0.807. The second kappa shape index (κ2) is 6.57. The first-order valence-corrected chi connectivity index (χ1v) is 8.49. The van der Waals surface area contributed by atoms with E-state index in [4.69, 9.17) is 11.6 Å². The van der Waals surface area contributed by atoms with Gasteiger partial charge in [-0.25, -0.2) is 0 Å². The average molecular weight is 302 g/mol. The van der Waals surface area contributed by atoms with Crippen LogP contribution in [0.5, 0.6) is 0 Å². The number of aliphatic hydroxyl groups excluding tert-OH is 1. The van der Waals surface area contributed by atoms with Gasteiger partial charge in [0.05, 0.1) is 10.4 Å². The molecule has 0 bridgehead atoms. The molecule has 1 fully saturated rings. The fourth-order valence-corrected chi connectivity index (χ4v) is 4.51. The van der Waals surface area contributed by atoms with Gasteiger partial charge in [-0.05, 0) is 50.9 Å². The molecular formula is C15H24ClNOS. The van der Waals surface area contributed by atoms with Crippen LogP contribution in [-0.4, -0.2) is 34.7 Å². The third kappa shape index (κ3) is 3.15. The number of hydrogen-bond donors (Lipinski definition) is 1. The largest absolute Gasteiger partial charge is 0.391 e. The minimum absolute atomic E-state index is 0.0625. The van der Waals surface area contributed by atoms with Crippen LogP contribution in [-0.2, 0) is 6.42 Å². The molecule has 1 aliphatic heterocycles. The van der Waals surface area contributed by atoms with Gasteiger partial charge >= 0.3 is 0 Å². The smallest absolute Gasteiger partial charge is 0.0931 e. The highest BCUT2D eigenvalue weighted by molar-refractivity contribution is 7.16. The van der Waals surface area contributed by atoms with Crippen LogP contribution >= 0.6 is 22.9 Å². The highest BCUT2D eigenvalue weighted by atomic mass is 35.5. The van der Waals surface area contributed by atoms with Crippen molar-refractivity contribution in [3.05, 3.63) is 21.3 Å². The maximum atomic E-state index is 10.8.